The zero-order chi connectivity index (χ0) is 15.3. The largest absolute Gasteiger partial charge is 0.439 e. The van der Waals surface area contributed by atoms with Crippen molar-refractivity contribution in [1.29, 1.82) is 0 Å². The van der Waals surface area contributed by atoms with Gasteiger partial charge in [0.1, 0.15) is 10.6 Å². The first kappa shape index (κ1) is 14.9. The Labute approximate surface area is 121 Å². The number of nitrogens with zero attached hydrogens (tertiary/aromatic N) is 1. The zero-order valence-corrected chi connectivity index (χ0v) is 13.4. The molecule has 1 aliphatic rings. The van der Waals surface area contributed by atoms with Crippen LogP contribution >= 0.6 is 0 Å². The number of ether oxygens (including phenoxy) is 1. The van der Waals surface area contributed by atoms with Crippen molar-refractivity contribution >= 4 is 10.0 Å². The SMILES string of the molecule is C=C1Oc2ccc(C(C)(C)C)cc2S(=O)(=O)N1C(C)C. The Balaban J connectivity index is 2.66. The maximum atomic E-state index is 12.7. The molecule has 0 unspecified atom stereocenters. The van der Waals surface area contributed by atoms with Gasteiger partial charge in [0.15, 0.2) is 0 Å². The summed E-state index contributed by atoms with van der Waals surface area (Å²) < 4.78 is 32.2. The van der Waals surface area contributed by atoms with E-state index >= 15 is 0 Å². The van der Waals surface area contributed by atoms with Crippen molar-refractivity contribution in [1.82, 2.24) is 4.31 Å². The van der Waals surface area contributed by atoms with Gasteiger partial charge < -0.3 is 4.74 Å². The molecule has 0 saturated carbocycles. The van der Waals surface area contributed by atoms with Gasteiger partial charge >= 0.3 is 0 Å². The predicted octanol–water partition coefficient (Wildman–Crippen LogP) is 3.25. The Morgan fingerprint density at radius 3 is 2.35 bits per heavy atom. The van der Waals surface area contributed by atoms with Gasteiger partial charge in [-0.25, -0.2) is 12.7 Å². The van der Waals surface area contributed by atoms with E-state index in [-0.39, 0.29) is 22.2 Å². The standard InChI is InChI=1S/C15H21NO3S/c1-10(2)16-11(3)19-13-8-7-12(15(4,5)6)9-14(13)20(16,17)18/h7-10H,3H2,1-2,4-6H3. The lowest BCUT2D eigenvalue weighted by Crippen LogP contribution is -2.40. The summed E-state index contributed by atoms with van der Waals surface area (Å²) in [6.45, 7) is 13.4. The van der Waals surface area contributed by atoms with Gasteiger partial charge in [0.2, 0.25) is 5.88 Å². The third-order valence-electron chi connectivity index (χ3n) is 3.29. The highest BCUT2D eigenvalue weighted by molar-refractivity contribution is 7.89. The topological polar surface area (TPSA) is 46.6 Å². The molecule has 0 atom stereocenters. The molecule has 0 aromatic heterocycles. The molecule has 0 radical (unpaired) electrons. The summed E-state index contributed by atoms with van der Waals surface area (Å²) in [4.78, 5) is 0.214. The first-order valence-corrected chi connectivity index (χ1v) is 8.05. The lowest BCUT2D eigenvalue weighted by Gasteiger charge is -2.34. The molecule has 2 rings (SSSR count). The summed E-state index contributed by atoms with van der Waals surface area (Å²) in [6, 6.07) is 5.06. The first-order valence-electron chi connectivity index (χ1n) is 6.61. The van der Waals surface area contributed by atoms with Crippen molar-refractivity contribution in [3.63, 3.8) is 0 Å². The van der Waals surface area contributed by atoms with E-state index < -0.39 is 10.0 Å². The van der Waals surface area contributed by atoms with Crippen LogP contribution in [0.15, 0.2) is 35.6 Å². The quantitative estimate of drug-likeness (QED) is 0.799. The Hall–Kier alpha value is -1.49. The van der Waals surface area contributed by atoms with Crippen molar-refractivity contribution in [3.8, 4) is 5.75 Å². The van der Waals surface area contributed by atoms with Crippen LogP contribution in [0.25, 0.3) is 0 Å². The lowest BCUT2D eigenvalue weighted by atomic mass is 9.87. The van der Waals surface area contributed by atoms with E-state index in [1.54, 1.807) is 26.0 Å². The van der Waals surface area contributed by atoms with Crippen molar-refractivity contribution in [2.45, 2.75) is 51.0 Å². The fourth-order valence-corrected chi connectivity index (χ4v) is 3.95. The summed E-state index contributed by atoms with van der Waals surface area (Å²) >= 11 is 0. The third-order valence-corrected chi connectivity index (χ3v) is 5.31. The van der Waals surface area contributed by atoms with Crippen LogP contribution in [0.2, 0.25) is 0 Å². The van der Waals surface area contributed by atoms with Crippen molar-refractivity contribution < 1.29 is 13.2 Å². The Bertz CT molecular complexity index is 654. The average Bonchev–Trinajstić information content (AvgIpc) is 2.25. The average molecular weight is 295 g/mol. The Morgan fingerprint density at radius 2 is 1.85 bits per heavy atom. The minimum Gasteiger partial charge on any atom is -0.439 e. The highest BCUT2D eigenvalue weighted by atomic mass is 32.2. The number of fused-ring (bicyclic) bond motifs is 1. The molecule has 1 aliphatic heterocycles. The molecule has 1 aromatic rings. The number of benzene rings is 1. The van der Waals surface area contributed by atoms with Crippen LogP contribution in [0.3, 0.4) is 0 Å². The summed E-state index contributed by atoms with van der Waals surface area (Å²) in [6.07, 6.45) is 0. The van der Waals surface area contributed by atoms with Crippen LogP contribution in [0, 0.1) is 0 Å². The van der Waals surface area contributed by atoms with Gasteiger partial charge in [-0.15, -0.1) is 0 Å². The number of rotatable bonds is 1. The number of sulfonamides is 1. The van der Waals surface area contributed by atoms with Gasteiger partial charge in [0.05, 0.1) is 0 Å². The van der Waals surface area contributed by atoms with E-state index in [2.05, 4.69) is 6.58 Å². The molecule has 5 heteroatoms. The molecule has 1 aromatic carbocycles. The van der Waals surface area contributed by atoms with Crippen LogP contribution in [0.4, 0.5) is 0 Å². The molecular weight excluding hydrogens is 274 g/mol. The molecule has 4 nitrogen and oxygen atoms in total. The monoisotopic (exact) mass is 295 g/mol. The van der Waals surface area contributed by atoms with Gasteiger partial charge in [-0.3, -0.25) is 0 Å². The molecule has 0 amide bonds. The van der Waals surface area contributed by atoms with Crippen LogP contribution < -0.4 is 4.74 Å². The van der Waals surface area contributed by atoms with Crippen LogP contribution in [-0.4, -0.2) is 18.8 Å². The molecule has 110 valence electrons. The fraction of sp³-hybridized carbons (Fsp3) is 0.467. The highest BCUT2D eigenvalue weighted by Crippen LogP contribution is 2.38. The summed E-state index contributed by atoms with van der Waals surface area (Å²) in [5.74, 6) is 0.496. The van der Waals surface area contributed by atoms with E-state index in [0.29, 0.717) is 5.75 Å². The third kappa shape index (κ3) is 2.30. The fourth-order valence-electron chi connectivity index (χ4n) is 2.24. The van der Waals surface area contributed by atoms with E-state index in [0.717, 1.165) is 5.56 Å². The van der Waals surface area contributed by atoms with E-state index in [1.165, 1.54) is 4.31 Å². The Morgan fingerprint density at radius 1 is 1.25 bits per heavy atom. The van der Waals surface area contributed by atoms with Gasteiger partial charge in [-0.05, 0) is 43.5 Å². The highest BCUT2D eigenvalue weighted by Gasteiger charge is 2.37. The van der Waals surface area contributed by atoms with Crippen LogP contribution in [-0.2, 0) is 15.4 Å². The Kier molecular flexibility index (Phi) is 3.37. The van der Waals surface area contributed by atoms with Crippen LogP contribution in [0.5, 0.6) is 5.75 Å². The molecule has 0 saturated heterocycles. The predicted molar refractivity (Wildman–Crippen MR) is 79.1 cm³/mol. The minimum absolute atomic E-state index is 0.123. The van der Waals surface area contributed by atoms with Crippen molar-refractivity contribution in [2.75, 3.05) is 0 Å². The molecule has 0 bridgehead atoms. The summed E-state index contributed by atoms with van der Waals surface area (Å²) in [5.41, 5.74) is 0.835. The van der Waals surface area contributed by atoms with E-state index in [9.17, 15) is 8.42 Å². The second-order valence-electron chi connectivity index (χ2n) is 6.30. The molecule has 20 heavy (non-hydrogen) atoms. The van der Waals surface area contributed by atoms with Gasteiger partial charge in [0.25, 0.3) is 10.0 Å². The summed E-state index contributed by atoms with van der Waals surface area (Å²) in [5, 5.41) is 0. The molecule has 1 heterocycles. The van der Waals surface area contributed by atoms with Crippen molar-refractivity contribution in [2.24, 2.45) is 0 Å². The number of hydrogen-bond acceptors (Lipinski definition) is 3. The zero-order valence-electron chi connectivity index (χ0n) is 12.6. The molecule has 0 N–H and O–H groups in total. The van der Waals surface area contributed by atoms with E-state index in [1.807, 2.05) is 26.8 Å². The smallest absolute Gasteiger partial charge is 0.270 e. The normalized spacial score (nSPS) is 17.9. The van der Waals surface area contributed by atoms with E-state index in [4.69, 9.17) is 4.74 Å². The van der Waals surface area contributed by atoms with Gasteiger partial charge in [-0.2, -0.15) is 0 Å². The first-order chi connectivity index (χ1) is 9.05. The van der Waals surface area contributed by atoms with Crippen LogP contribution in [0.1, 0.15) is 40.2 Å². The maximum Gasteiger partial charge on any atom is 0.270 e. The second-order valence-corrected chi connectivity index (χ2v) is 8.09. The van der Waals surface area contributed by atoms with Gasteiger partial charge in [-0.1, -0.05) is 26.8 Å². The molecule has 0 spiro atoms. The maximum absolute atomic E-state index is 12.7. The second kappa shape index (κ2) is 4.52. The van der Waals surface area contributed by atoms with Crippen molar-refractivity contribution in [3.05, 3.63) is 36.2 Å². The van der Waals surface area contributed by atoms with Gasteiger partial charge in [0, 0.05) is 6.04 Å². The molecule has 0 aliphatic carbocycles. The molecule has 0 fully saturated rings. The lowest BCUT2D eigenvalue weighted by molar-refractivity contribution is 0.251. The molecular formula is C15H21NO3S. The summed E-state index contributed by atoms with van der Waals surface area (Å²) in [7, 11) is -3.61. The minimum atomic E-state index is -3.61. The number of hydrogen-bond donors (Lipinski definition) is 0.